The van der Waals surface area contributed by atoms with Crippen molar-refractivity contribution in [2.75, 3.05) is 14.2 Å². The van der Waals surface area contributed by atoms with Crippen molar-refractivity contribution in [3.8, 4) is 17.2 Å². The predicted molar refractivity (Wildman–Crippen MR) is 218 cm³/mol. The lowest BCUT2D eigenvalue weighted by atomic mass is 9.85. The fraction of sp³-hybridized carbons (Fsp3) is 0.488. The van der Waals surface area contributed by atoms with E-state index in [9.17, 15) is 29.4 Å². The molecule has 14 nitrogen and oxygen atoms in total. The van der Waals surface area contributed by atoms with Crippen molar-refractivity contribution < 1.29 is 43.6 Å². The molecule has 57 heavy (non-hydrogen) atoms. The third-order valence-electron chi connectivity index (χ3n) is 9.13. The number of aliphatic hydroxyl groups excluding tert-OH is 1. The number of phenols is 1. The van der Waals surface area contributed by atoms with Gasteiger partial charge in [-0.25, -0.2) is 4.79 Å². The summed E-state index contributed by atoms with van der Waals surface area (Å²) in [6.45, 7) is 14.2. The molecule has 14 heteroatoms. The molecule has 0 aliphatic heterocycles. The number of hydrogen-bond acceptors (Lipinski definition) is 10. The number of methoxy groups -OCH3 is 2. The van der Waals surface area contributed by atoms with Crippen LogP contribution in [0.15, 0.2) is 72.8 Å². The molecule has 3 rings (SSSR count). The zero-order valence-electron chi connectivity index (χ0n) is 34.8. The molecular weight excluding hydrogens is 730 g/mol. The minimum Gasteiger partial charge on any atom is -0.507 e. The molecule has 0 fully saturated rings. The summed E-state index contributed by atoms with van der Waals surface area (Å²) in [5.74, 6) is -1.14. The van der Waals surface area contributed by atoms with Gasteiger partial charge in [-0.1, -0.05) is 77.1 Å². The second kappa shape index (κ2) is 20.7. The molecule has 0 aliphatic carbocycles. The van der Waals surface area contributed by atoms with E-state index in [0.717, 1.165) is 11.1 Å². The number of benzene rings is 3. The zero-order valence-corrected chi connectivity index (χ0v) is 34.8. The number of amides is 4. The summed E-state index contributed by atoms with van der Waals surface area (Å²) in [4.78, 5) is 55.0. The lowest BCUT2D eigenvalue weighted by molar-refractivity contribution is -0.134. The Kier molecular flexibility index (Phi) is 16.7. The third-order valence-corrected chi connectivity index (χ3v) is 9.13. The maximum atomic E-state index is 14.4. The van der Waals surface area contributed by atoms with E-state index >= 15 is 0 Å². The predicted octanol–water partition coefficient (Wildman–Crippen LogP) is 4.35. The summed E-state index contributed by atoms with van der Waals surface area (Å²) in [7, 11) is 3.03. The number of aromatic hydroxyl groups is 1. The van der Waals surface area contributed by atoms with Crippen LogP contribution in [0.5, 0.6) is 17.2 Å². The highest BCUT2D eigenvalue weighted by molar-refractivity contribution is 5.91. The van der Waals surface area contributed by atoms with Gasteiger partial charge >= 0.3 is 6.09 Å². The minimum absolute atomic E-state index is 0.0209. The van der Waals surface area contributed by atoms with E-state index in [1.165, 1.54) is 13.2 Å². The molecular formula is C43H61N5O9. The SMILES string of the molecule is COc1ccc(CNC(C(=O)NC(C(=O)NCc2ccc(OC)cc2O)C(C)C)C(O)C(Cc2ccccc2)NC(=O)C(NC(=O)OC(C)(C)C)C(C)(C)C)cc1. The van der Waals surface area contributed by atoms with Gasteiger partial charge in [0.2, 0.25) is 17.7 Å². The van der Waals surface area contributed by atoms with Crippen molar-refractivity contribution in [2.45, 2.75) is 111 Å². The smallest absolute Gasteiger partial charge is 0.408 e. The summed E-state index contributed by atoms with van der Waals surface area (Å²) in [6, 6.07) is 16.5. The van der Waals surface area contributed by atoms with Gasteiger partial charge in [-0.15, -0.1) is 0 Å². The van der Waals surface area contributed by atoms with Crippen LogP contribution >= 0.6 is 0 Å². The topological polar surface area (TPSA) is 197 Å². The van der Waals surface area contributed by atoms with Crippen LogP contribution in [0.2, 0.25) is 0 Å². The first-order valence-electron chi connectivity index (χ1n) is 19.0. The lowest BCUT2D eigenvalue weighted by Crippen LogP contribution is -2.64. The third kappa shape index (κ3) is 14.6. The van der Waals surface area contributed by atoms with Crippen LogP contribution in [-0.4, -0.2) is 84.1 Å². The Bertz CT molecular complexity index is 1770. The van der Waals surface area contributed by atoms with Crippen molar-refractivity contribution in [1.82, 2.24) is 26.6 Å². The number of alkyl carbamates (subject to hydrolysis) is 1. The Morgan fingerprint density at radius 2 is 1.32 bits per heavy atom. The number of hydrogen-bond donors (Lipinski definition) is 7. The van der Waals surface area contributed by atoms with E-state index in [0.29, 0.717) is 17.1 Å². The number of carbonyl (C=O) groups excluding carboxylic acids is 4. The Morgan fingerprint density at radius 1 is 0.702 bits per heavy atom. The van der Waals surface area contributed by atoms with Gasteiger partial charge in [0, 0.05) is 24.7 Å². The van der Waals surface area contributed by atoms with Crippen molar-refractivity contribution >= 4 is 23.8 Å². The molecule has 0 spiro atoms. The average Bonchev–Trinajstić information content (AvgIpc) is 3.14. The van der Waals surface area contributed by atoms with E-state index in [1.54, 1.807) is 86.8 Å². The number of ether oxygens (including phenoxy) is 3. The maximum Gasteiger partial charge on any atom is 0.408 e. The highest BCUT2D eigenvalue weighted by atomic mass is 16.6. The normalized spacial score (nSPS) is 14.3. The molecule has 312 valence electrons. The fourth-order valence-corrected chi connectivity index (χ4v) is 5.95. The number of aliphatic hydroxyl groups is 1. The molecule has 0 heterocycles. The van der Waals surface area contributed by atoms with Gasteiger partial charge in [0.05, 0.1) is 26.4 Å². The molecule has 0 saturated carbocycles. The number of nitrogens with one attached hydrogen (secondary N) is 5. The summed E-state index contributed by atoms with van der Waals surface area (Å²) in [5.41, 5.74) is 0.392. The second-order valence-electron chi connectivity index (χ2n) is 16.4. The monoisotopic (exact) mass is 791 g/mol. The van der Waals surface area contributed by atoms with Crippen LogP contribution in [-0.2, 0) is 38.6 Å². The molecule has 3 aromatic carbocycles. The van der Waals surface area contributed by atoms with E-state index in [1.807, 2.05) is 42.5 Å². The first kappa shape index (κ1) is 46.0. The Balaban J connectivity index is 1.97. The summed E-state index contributed by atoms with van der Waals surface area (Å²) >= 11 is 0. The van der Waals surface area contributed by atoms with E-state index in [4.69, 9.17) is 14.2 Å². The molecule has 5 atom stereocenters. The van der Waals surface area contributed by atoms with Crippen molar-refractivity contribution in [2.24, 2.45) is 11.3 Å². The van der Waals surface area contributed by atoms with Crippen LogP contribution in [0.3, 0.4) is 0 Å². The van der Waals surface area contributed by atoms with Crippen molar-refractivity contribution in [1.29, 1.82) is 0 Å². The Hall–Kier alpha value is -5.34. The second-order valence-corrected chi connectivity index (χ2v) is 16.4. The molecule has 0 saturated heterocycles. The van der Waals surface area contributed by atoms with Gasteiger partial charge in [-0.05, 0) is 73.9 Å². The van der Waals surface area contributed by atoms with E-state index < -0.39 is 65.1 Å². The first-order chi connectivity index (χ1) is 26.7. The zero-order chi connectivity index (χ0) is 42.5. The van der Waals surface area contributed by atoms with Gasteiger partial charge in [0.25, 0.3) is 0 Å². The standard InChI is InChI=1S/C43H61N5O9/c1-26(2)34(38(51)45-25-29-18-21-31(56-10)23-33(29)49)47-39(52)35(44-24-28-16-19-30(55-9)20-17-28)36(50)32(22-27-14-12-11-13-15-27)46-40(53)37(42(3,4)5)48-41(54)57-43(6,7)8/h11-21,23,26,32,34-37,44,49-50H,22,24-25H2,1-10H3,(H,45,51)(H,46,53)(H,47,52)(H,48,54). The largest absolute Gasteiger partial charge is 0.507 e. The fourth-order valence-electron chi connectivity index (χ4n) is 5.95. The molecule has 5 unspecified atom stereocenters. The summed E-state index contributed by atoms with van der Waals surface area (Å²) in [5, 5.41) is 37.1. The van der Waals surface area contributed by atoms with Crippen LogP contribution in [0.1, 0.15) is 72.1 Å². The van der Waals surface area contributed by atoms with Gasteiger partial charge in [0.1, 0.15) is 41.0 Å². The van der Waals surface area contributed by atoms with Crippen LogP contribution < -0.4 is 36.1 Å². The molecule has 0 aliphatic rings. The number of rotatable bonds is 18. The number of carbonyl (C=O) groups is 4. The van der Waals surface area contributed by atoms with Gasteiger partial charge < -0.3 is 45.7 Å². The maximum absolute atomic E-state index is 14.4. The quantitative estimate of drug-likeness (QED) is 0.0973. The highest BCUT2D eigenvalue weighted by Gasteiger charge is 2.40. The van der Waals surface area contributed by atoms with Crippen LogP contribution in [0.4, 0.5) is 4.79 Å². The molecule has 4 amide bonds. The number of phenolic OH excluding ortho intramolecular Hbond substituents is 1. The molecule has 0 aromatic heterocycles. The van der Waals surface area contributed by atoms with Crippen LogP contribution in [0, 0.1) is 11.3 Å². The average molecular weight is 792 g/mol. The minimum atomic E-state index is -1.55. The van der Waals surface area contributed by atoms with Gasteiger partial charge in [-0.3, -0.25) is 19.7 Å². The molecule has 7 N–H and O–H groups in total. The van der Waals surface area contributed by atoms with Crippen molar-refractivity contribution in [3.05, 3.63) is 89.5 Å². The van der Waals surface area contributed by atoms with E-state index in [-0.39, 0.29) is 31.2 Å². The molecule has 3 aromatic rings. The van der Waals surface area contributed by atoms with Crippen molar-refractivity contribution in [3.63, 3.8) is 0 Å². The molecule has 0 bridgehead atoms. The van der Waals surface area contributed by atoms with Crippen LogP contribution in [0.25, 0.3) is 0 Å². The first-order valence-corrected chi connectivity index (χ1v) is 19.0. The Labute approximate surface area is 336 Å². The Morgan fingerprint density at radius 3 is 1.86 bits per heavy atom. The molecule has 0 radical (unpaired) electrons. The summed E-state index contributed by atoms with van der Waals surface area (Å²) in [6.07, 6.45) is -2.22. The van der Waals surface area contributed by atoms with Gasteiger partial charge in [-0.2, -0.15) is 0 Å². The lowest BCUT2D eigenvalue weighted by Gasteiger charge is -2.35. The van der Waals surface area contributed by atoms with Gasteiger partial charge in [0.15, 0.2) is 0 Å². The van der Waals surface area contributed by atoms with E-state index in [2.05, 4.69) is 26.6 Å². The summed E-state index contributed by atoms with van der Waals surface area (Å²) < 4.78 is 15.9. The highest BCUT2D eigenvalue weighted by Crippen LogP contribution is 2.24.